The van der Waals surface area contributed by atoms with Gasteiger partial charge in [-0.15, -0.1) is 0 Å². The van der Waals surface area contributed by atoms with Crippen LogP contribution in [-0.2, 0) is 9.47 Å². The van der Waals surface area contributed by atoms with Crippen molar-refractivity contribution in [1.82, 2.24) is 10.4 Å². The Morgan fingerprint density at radius 2 is 2.00 bits per heavy atom. The fourth-order valence-electron chi connectivity index (χ4n) is 2.30. The van der Waals surface area contributed by atoms with Gasteiger partial charge in [-0.1, -0.05) is 18.2 Å². The first kappa shape index (κ1) is 15.9. The molecule has 120 valence electrons. The summed E-state index contributed by atoms with van der Waals surface area (Å²) in [6, 6.07) is 7.03. The van der Waals surface area contributed by atoms with Gasteiger partial charge in [0.05, 0.1) is 25.9 Å². The predicted molar refractivity (Wildman–Crippen MR) is 78.3 cm³/mol. The smallest absolute Gasteiger partial charge is 0.429 e. The van der Waals surface area contributed by atoms with Crippen LogP contribution in [0.25, 0.3) is 0 Å². The van der Waals surface area contributed by atoms with Crippen LogP contribution in [-0.4, -0.2) is 37.0 Å². The number of nitrogens with zero attached hydrogens (tertiary/aromatic N) is 1. The van der Waals surface area contributed by atoms with Crippen molar-refractivity contribution in [1.29, 1.82) is 0 Å². The second-order valence-electron chi connectivity index (χ2n) is 4.59. The van der Waals surface area contributed by atoms with Crippen molar-refractivity contribution in [2.24, 2.45) is 0 Å². The summed E-state index contributed by atoms with van der Waals surface area (Å²) in [7, 11) is 0. The number of nitrogens with one attached hydrogen (secondary N) is 1. The topological polar surface area (TPSA) is 77.1 Å². The van der Waals surface area contributed by atoms with Gasteiger partial charge in [0.15, 0.2) is 0 Å². The van der Waals surface area contributed by atoms with Crippen molar-refractivity contribution in [2.75, 3.05) is 19.8 Å². The van der Waals surface area contributed by atoms with Gasteiger partial charge in [0.2, 0.25) is 0 Å². The number of ether oxygens (including phenoxy) is 3. The van der Waals surface area contributed by atoms with Gasteiger partial charge in [-0.05, 0) is 19.9 Å². The van der Waals surface area contributed by atoms with Crippen LogP contribution in [0.5, 0.6) is 5.75 Å². The largest absolute Gasteiger partial charge is 0.493 e. The number of fused-ring (bicyclic) bond motifs is 1. The van der Waals surface area contributed by atoms with E-state index in [1.165, 1.54) is 5.01 Å². The van der Waals surface area contributed by atoms with Gasteiger partial charge in [0.1, 0.15) is 5.75 Å². The fraction of sp³-hybridized carbons (Fsp3) is 0.467. The third-order valence-corrected chi connectivity index (χ3v) is 3.19. The number of hydrazine groups is 1. The maximum Gasteiger partial charge on any atom is 0.429 e. The average molecular weight is 308 g/mol. The molecule has 2 amide bonds. The van der Waals surface area contributed by atoms with E-state index in [0.29, 0.717) is 18.8 Å². The Hall–Kier alpha value is -2.44. The van der Waals surface area contributed by atoms with Crippen LogP contribution in [0.4, 0.5) is 9.59 Å². The molecule has 1 unspecified atom stereocenters. The molecule has 0 spiro atoms. The van der Waals surface area contributed by atoms with Crippen LogP contribution in [0.3, 0.4) is 0 Å². The van der Waals surface area contributed by atoms with E-state index in [0.717, 1.165) is 5.56 Å². The lowest BCUT2D eigenvalue weighted by Crippen LogP contribution is -2.49. The van der Waals surface area contributed by atoms with Gasteiger partial charge in [-0.25, -0.2) is 20.0 Å². The van der Waals surface area contributed by atoms with Crippen LogP contribution in [0.1, 0.15) is 31.9 Å². The molecule has 2 rings (SSSR count). The summed E-state index contributed by atoms with van der Waals surface area (Å²) in [5.41, 5.74) is 3.27. The summed E-state index contributed by atoms with van der Waals surface area (Å²) in [6.07, 6.45) is -0.779. The van der Waals surface area contributed by atoms with Crippen LogP contribution in [0.15, 0.2) is 24.3 Å². The van der Waals surface area contributed by atoms with Crippen LogP contribution >= 0.6 is 0 Å². The average Bonchev–Trinajstić information content (AvgIpc) is 2.52. The predicted octanol–water partition coefficient (Wildman–Crippen LogP) is 2.63. The second kappa shape index (κ2) is 7.53. The van der Waals surface area contributed by atoms with E-state index < -0.39 is 12.2 Å². The Bertz CT molecular complexity index is 534. The van der Waals surface area contributed by atoms with E-state index in [1.54, 1.807) is 13.8 Å². The molecule has 0 radical (unpaired) electrons. The first-order valence-electron chi connectivity index (χ1n) is 7.28. The van der Waals surface area contributed by atoms with E-state index >= 15 is 0 Å². The molecule has 0 aromatic heterocycles. The Balaban J connectivity index is 2.25. The third-order valence-electron chi connectivity index (χ3n) is 3.19. The fourth-order valence-corrected chi connectivity index (χ4v) is 2.30. The Morgan fingerprint density at radius 1 is 1.27 bits per heavy atom. The van der Waals surface area contributed by atoms with Gasteiger partial charge in [0.25, 0.3) is 0 Å². The molecule has 22 heavy (non-hydrogen) atoms. The number of amides is 2. The van der Waals surface area contributed by atoms with E-state index in [2.05, 4.69) is 5.43 Å². The number of benzene rings is 1. The minimum absolute atomic E-state index is 0.213. The standard InChI is InChI=1S/C15H20N2O5/c1-3-20-14(18)16-17(15(19)21-4-2)12-9-10-22-13-8-6-5-7-11(12)13/h5-8,12H,3-4,9-10H2,1-2H3,(H,16,18). The van der Waals surface area contributed by atoms with Crippen LogP contribution < -0.4 is 10.2 Å². The molecule has 1 heterocycles. The third kappa shape index (κ3) is 3.60. The zero-order valence-corrected chi connectivity index (χ0v) is 12.7. The molecule has 0 saturated heterocycles. The van der Waals surface area contributed by atoms with Gasteiger partial charge in [-0.3, -0.25) is 0 Å². The molecule has 1 aliphatic rings. The quantitative estimate of drug-likeness (QED) is 0.869. The first-order chi connectivity index (χ1) is 10.7. The number of hydrogen-bond acceptors (Lipinski definition) is 5. The Kier molecular flexibility index (Phi) is 5.46. The zero-order chi connectivity index (χ0) is 15.9. The molecule has 1 atom stereocenters. The van der Waals surface area contributed by atoms with Gasteiger partial charge in [0, 0.05) is 12.0 Å². The van der Waals surface area contributed by atoms with E-state index in [9.17, 15) is 9.59 Å². The highest BCUT2D eigenvalue weighted by atomic mass is 16.6. The van der Waals surface area contributed by atoms with Crippen molar-refractivity contribution in [3.05, 3.63) is 29.8 Å². The molecule has 0 aliphatic carbocycles. The maximum absolute atomic E-state index is 12.2. The number of rotatable bonds is 3. The molecule has 1 aliphatic heterocycles. The molecule has 0 fully saturated rings. The maximum atomic E-state index is 12.2. The van der Waals surface area contributed by atoms with Crippen molar-refractivity contribution in [2.45, 2.75) is 26.3 Å². The second-order valence-corrected chi connectivity index (χ2v) is 4.59. The zero-order valence-electron chi connectivity index (χ0n) is 12.7. The summed E-state index contributed by atoms with van der Waals surface area (Å²) in [5.74, 6) is 0.693. The van der Waals surface area contributed by atoms with E-state index in [1.807, 2.05) is 24.3 Å². The lowest BCUT2D eigenvalue weighted by atomic mass is 10.0. The summed E-state index contributed by atoms with van der Waals surface area (Å²) in [5, 5.41) is 1.17. The van der Waals surface area contributed by atoms with Crippen molar-refractivity contribution in [3.63, 3.8) is 0 Å². The van der Waals surface area contributed by atoms with E-state index in [4.69, 9.17) is 14.2 Å². The molecule has 1 aromatic carbocycles. The summed E-state index contributed by atoms with van der Waals surface area (Å²) in [6.45, 7) is 4.27. The van der Waals surface area contributed by atoms with Crippen molar-refractivity contribution < 1.29 is 23.8 Å². The number of carbonyl (C=O) groups is 2. The summed E-state index contributed by atoms with van der Waals surface area (Å²) in [4.78, 5) is 23.9. The Labute approximate surface area is 129 Å². The SMILES string of the molecule is CCOC(=O)NN(C(=O)OCC)C1CCOc2ccccc21. The van der Waals surface area contributed by atoms with Crippen molar-refractivity contribution >= 4 is 12.2 Å². The van der Waals surface area contributed by atoms with Gasteiger partial charge >= 0.3 is 12.2 Å². The number of carbonyl (C=O) groups excluding carboxylic acids is 2. The highest BCUT2D eigenvalue weighted by molar-refractivity contribution is 5.74. The van der Waals surface area contributed by atoms with Crippen molar-refractivity contribution in [3.8, 4) is 5.75 Å². The first-order valence-corrected chi connectivity index (χ1v) is 7.28. The minimum atomic E-state index is -0.695. The highest BCUT2D eigenvalue weighted by Gasteiger charge is 2.32. The lowest BCUT2D eigenvalue weighted by molar-refractivity contribution is 0.0443. The Morgan fingerprint density at radius 3 is 2.73 bits per heavy atom. The molecule has 7 nitrogen and oxygen atoms in total. The highest BCUT2D eigenvalue weighted by Crippen LogP contribution is 2.35. The molecule has 0 bridgehead atoms. The summed E-state index contributed by atoms with van der Waals surface area (Å²) >= 11 is 0. The molecule has 7 heteroatoms. The van der Waals surface area contributed by atoms with Crippen LogP contribution in [0.2, 0.25) is 0 Å². The van der Waals surface area contributed by atoms with Gasteiger partial charge < -0.3 is 14.2 Å². The van der Waals surface area contributed by atoms with E-state index in [-0.39, 0.29) is 19.3 Å². The van der Waals surface area contributed by atoms with Gasteiger partial charge in [-0.2, -0.15) is 0 Å². The lowest BCUT2D eigenvalue weighted by Gasteiger charge is -2.34. The molecular formula is C15H20N2O5. The molecule has 1 aromatic rings. The normalized spacial score (nSPS) is 16.0. The van der Waals surface area contributed by atoms with Crippen LogP contribution in [0, 0.1) is 0 Å². The molecule has 1 N–H and O–H groups in total. The minimum Gasteiger partial charge on any atom is -0.493 e. The summed E-state index contributed by atoms with van der Waals surface area (Å²) < 4.78 is 15.4. The number of hydrogen-bond donors (Lipinski definition) is 1. The molecular weight excluding hydrogens is 288 g/mol. The number of para-hydroxylation sites is 1. The molecule has 0 saturated carbocycles. The monoisotopic (exact) mass is 308 g/mol.